The lowest BCUT2D eigenvalue weighted by molar-refractivity contribution is -0.324. The van der Waals surface area contributed by atoms with Gasteiger partial charge in [0.25, 0.3) is 0 Å². The predicted octanol–water partition coefficient (Wildman–Crippen LogP) is -0.642. The highest BCUT2D eigenvalue weighted by Crippen LogP contribution is 2.24. The summed E-state index contributed by atoms with van der Waals surface area (Å²) in [4.78, 5) is 10.9. The number of hydrogen-bond donors (Lipinski definition) is 3. The third kappa shape index (κ3) is 5.04. The number of ether oxygens (including phenoxy) is 3. The summed E-state index contributed by atoms with van der Waals surface area (Å²) in [7, 11) is 0. The molecule has 19 heavy (non-hydrogen) atoms. The van der Waals surface area contributed by atoms with Crippen molar-refractivity contribution in [1.82, 2.24) is 5.32 Å². The van der Waals surface area contributed by atoms with Gasteiger partial charge in [0.15, 0.2) is 12.1 Å². The van der Waals surface area contributed by atoms with E-state index in [1.165, 1.54) is 6.92 Å². The second-order valence-corrected chi connectivity index (χ2v) is 5.09. The lowest BCUT2D eigenvalue weighted by Crippen LogP contribution is -2.53. The van der Waals surface area contributed by atoms with Crippen LogP contribution in [0, 0.1) is 0 Å². The van der Waals surface area contributed by atoms with Crippen LogP contribution in [0.15, 0.2) is 0 Å². The van der Waals surface area contributed by atoms with Gasteiger partial charge in [-0.25, -0.2) is 0 Å². The predicted molar refractivity (Wildman–Crippen MR) is 66.1 cm³/mol. The van der Waals surface area contributed by atoms with Crippen LogP contribution in [0.2, 0.25) is 0 Å². The fourth-order valence-electron chi connectivity index (χ4n) is 1.87. The van der Waals surface area contributed by atoms with Crippen LogP contribution in [-0.2, 0) is 19.0 Å². The number of rotatable bonds is 5. The van der Waals surface area contributed by atoms with E-state index < -0.39 is 30.8 Å². The molecule has 0 radical (unpaired) electrons. The van der Waals surface area contributed by atoms with Crippen LogP contribution in [-0.4, -0.2) is 59.7 Å². The first-order chi connectivity index (χ1) is 8.75. The van der Waals surface area contributed by atoms with E-state index in [4.69, 9.17) is 19.3 Å². The van der Waals surface area contributed by atoms with E-state index in [1.54, 1.807) is 13.8 Å². The Kier molecular flexibility index (Phi) is 5.69. The summed E-state index contributed by atoms with van der Waals surface area (Å²) < 4.78 is 16.4. The van der Waals surface area contributed by atoms with Crippen molar-refractivity contribution in [1.29, 1.82) is 0 Å². The Morgan fingerprint density at radius 3 is 2.68 bits per heavy atom. The van der Waals surface area contributed by atoms with Crippen molar-refractivity contribution in [2.24, 2.45) is 0 Å². The fraction of sp³-hybridized carbons (Fsp3) is 0.917. The molecule has 2 unspecified atom stereocenters. The minimum absolute atomic E-state index is 0.267. The number of carbonyl (C=O) groups is 1. The number of aliphatic hydroxyl groups is 2. The molecule has 0 aliphatic carbocycles. The molecule has 1 aliphatic rings. The lowest BCUT2D eigenvalue weighted by atomic mass is 10.2. The molecule has 1 heterocycles. The Morgan fingerprint density at radius 2 is 2.21 bits per heavy atom. The normalized spacial score (nSPS) is 29.6. The summed E-state index contributed by atoms with van der Waals surface area (Å²) in [5, 5.41) is 21.4. The standard InChI is InChI=1S/C12H23NO6/c1-7-10(6-17-12(3,4)19-7)18-11(16)9(5-14)13-8(2)15/h7,9-11,14,16H,5-6H2,1-4H3,(H,13,15)/t7-,9+,10?,11?/m0/s1. The molecule has 1 amide bonds. The van der Waals surface area contributed by atoms with E-state index in [9.17, 15) is 9.90 Å². The molecule has 4 atom stereocenters. The van der Waals surface area contributed by atoms with Gasteiger partial charge < -0.3 is 29.7 Å². The highest BCUT2D eigenvalue weighted by molar-refractivity contribution is 5.73. The van der Waals surface area contributed by atoms with Crippen LogP contribution in [0.5, 0.6) is 0 Å². The van der Waals surface area contributed by atoms with E-state index in [-0.39, 0.29) is 18.6 Å². The highest BCUT2D eigenvalue weighted by atomic mass is 16.7. The quantitative estimate of drug-likeness (QED) is 0.578. The first kappa shape index (κ1) is 16.3. The molecule has 0 aromatic carbocycles. The van der Waals surface area contributed by atoms with Gasteiger partial charge in [-0.05, 0) is 20.8 Å². The fourth-order valence-corrected chi connectivity index (χ4v) is 1.87. The Balaban J connectivity index is 2.51. The zero-order chi connectivity index (χ0) is 14.6. The maximum Gasteiger partial charge on any atom is 0.217 e. The maximum absolute atomic E-state index is 10.9. The van der Waals surface area contributed by atoms with Crippen LogP contribution >= 0.6 is 0 Å². The van der Waals surface area contributed by atoms with E-state index >= 15 is 0 Å². The Morgan fingerprint density at radius 1 is 1.58 bits per heavy atom. The third-order valence-corrected chi connectivity index (χ3v) is 2.83. The van der Waals surface area contributed by atoms with E-state index in [0.29, 0.717) is 0 Å². The van der Waals surface area contributed by atoms with Gasteiger partial charge in [0.2, 0.25) is 5.91 Å². The first-order valence-corrected chi connectivity index (χ1v) is 6.28. The molecule has 1 aliphatic heterocycles. The highest BCUT2D eigenvalue weighted by Gasteiger charge is 2.36. The Bertz CT molecular complexity index is 309. The molecule has 3 N–H and O–H groups in total. The molecule has 0 aromatic heterocycles. The largest absolute Gasteiger partial charge is 0.394 e. The van der Waals surface area contributed by atoms with Crippen molar-refractivity contribution in [2.45, 2.75) is 58.0 Å². The van der Waals surface area contributed by atoms with Crippen LogP contribution in [0.1, 0.15) is 27.7 Å². The Labute approximate surface area is 112 Å². The summed E-state index contributed by atoms with van der Waals surface area (Å²) in [6, 6.07) is -0.875. The van der Waals surface area contributed by atoms with Crippen molar-refractivity contribution < 1.29 is 29.2 Å². The van der Waals surface area contributed by atoms with Crippen molar-refractivity contribution in [3.8, 4) is 0 Å². The summed E-state index contributed by atoms with van der Waals surface area (Å²) in [5.41, 5.74) is 0. The first-order valence-electron chi connectivity index (χ1n) is 6.28. The molecular formula is C12H23NO6. The van der Waals surface area contributed by atoms with Crippen molar-refractivity contribution in [3.05, 3.63) is 0 Å². The molecule has 7 heteroatoms. The van der Waals surface area contributed by atoms with E-state index in [1.807, 2.05) is 6.92 Å². The number of aliphatic hydroxyl groups excluding tert-OH is 2. The topological polar surface area (TPSA) is 97.3 Å². The van der Waals surface area contributed by atoms with Crippen LogP contribution in [0.4, 0.5) is 0 Å². The molecule has 1 rings (SSSR count). The zero-order valence-electron chi connectivity index (χ0n) is 11.8. The molecule has 112 valence electrons. The molecule has 1 fully saturated rings. The van der Waals surface area contributed by atoms with Gasteiger partial charge in [-0.3, -0.25) is 4.79 Å². The molecular weight excluding hydrogens is 254 g/mol. The molecule has 1 saturated heterocycles. The van der Waals surface area contributed by atoms with E-state index in [2.05, 4.69) is 5.32 Å². The number of amides is 1. The average Bonchev–Trinajstić information content (AvgIpc) is 2.28. The van der Waals surface area contributed by atoms with Crippen molar-refractivity contribution in [3.63, 3.8) is 0 Å². The van der Waals surface area contributed by atoms with Gasteiger partial charge in [0.05, 0.1) is 19.3 Å². The van der Waals surface area contributed by atoms with Gasteiger partial charge in [-0.15, -0.1) is 0 Å². The van der Waals surface area contributed by atoms with Gasteiger partial charge in [-0.1, -0.05) is 0 Å². The van der Waals surface area contributed by atoms with Gasteiger partial charge in [-0.2, -0.15) is 0 Å². The Hall–Kier alpha value is -0.730. The maximum atomic E-state index is 10.9. The molecule has 0 spiro atoms. The lowest BCUT2D eigenvalue weighted by Gasteiger charge is -2.40. The SMILES string of the molecule is CC(=O)N[C@H](CO)C(O)OC1COC(C)(C)O[C@H]1C. The summed E-state index contributed by atoms with van der Waals surface area (Å²) >= 11 is 0. The molecule has 0 bridgehead atoms. The summed E-state index contributed by atoms with van der Waals surface area (Å²) in [6.07, 6.45) is -2.06. The van der Waals surface area contributed by atoms with Crippen LogP contribution in [0.3, 0.4) is 0 Å². The van der Waals surface area contributed by atoms with Gasteiger partial charge >= 0.3 is 0 Å². The average molecular weight is 277 g/mol. The number of hydrogen-bond acceptors (Lipinski definition) is 6. The van der Waals surface area contributed by atoms with Gasteiger partial charge in [0.1, 0.15) is 12.1 Å². The summed E-state index contributed by atoms with van der Waals surface area (Å²) in [5.74, 6) is -1.04. The minimum atomic E-state index is -1.32. The van der Waals surface area contributed by atoms with E-state index in [0.717, 1.165) is 0 Å². The smallest absolute Gasteiger partial charge is 0.217 e. The monoisotopic (exact) mass is 277 g/mol. The number of carbonyl (C=O) groups excluding carboxylic acids is 1. The number of nitrogens with one attached hydrogen (secondary N) is 1. The second-order valence-electron chi connectivity index (χ2n) is 5.09. The zero-order valence-corrected chi connectivity index (χ0v) is 11.8. The summed E-state index contributed by atoms with van der Waals surface area (Å²) in [6.45, 7) is 6.55. The van der Waals surface area contributed by atoms with Crippen molar-refractivity contribution in [2.75, 3.05) is 13.2 Å². The van der Waals surface area contributed by atoms with Crippen molar-refractivity contribution >= 4 is 5.91 Å². The van der Waals surface area contributed by atoms with Crippen LogP contribution in [0.25, 0.3) is 0 Å². The molecule has 0 aromatic rings. The second kappa shape index (κ2) is 6.62. The van der Waals surface area contributed by atoms with Gasteiger partial charge in [0, 0.05) is 6.92 Å². The molecule has 7 nitrogen and oxygen atoms in total. The molecule has 0 saturated carbocycles. The minimum Gasteiger partial charge on any atom is -0.394 e. The van der Waals surface area contributed by atoms with Crippen LogP contribution < -0.4 is 5.32 Å². The third-order valence-electron chi connectivity index (χ3n) is 2.83.